The molecule has 3 rings (SSSR count). The number of nitrogens with one attached hydrogen (secondary N) is 1. The maximum absolute atomic E-state index is 13.4. The zero-order valence-corrected chi connectivity index (χ0v) is 14.8. The number of halogens is 3. The van der Waals surface area contributed by atoms with Gasteiger partial charge in [-0.1, -0.05) is 0 Å². The molecule has 2 fully saturated rings. The fourth-order valence-electron chi connectivity index (χ4n) is 3.21. The Morgan fingerprint density at radius 3 is 2.54 bits per heavy atom. The van der Waals surface area contributed by atoms with E-state index in [0.717, 1.165) is 17.7 Å². The molecule has 1 aliphatic heterocycles. The molecular weight excluding hydrogens is 349 g/mol. The Balaban J connectivity index is 1.69. The van der Waals surface area contributed by atoms with Crippen molar-refractivity contribution in [2.45, 2.75) is 51.4 Å². The van der Waals surface area contributed by atoms with Crippen molar-refractivity contribution in [2.75, 3.05) is 13.1 Å². The molecule has 1 aromatic rings. The van der Waals surface area contributed by atoms with E-state index in [9.17, 15) is 22.8 Å². The van der Waals surface area contributed by atoms with Crippen LogP contribution in [0.5, 0.6) is 0 Å². The molecule has 1 N–H and O–H groups in total. The molecule has 0 bridgehead atoms. The van der Waals surface area contributed by atoms with Gasteiger partial charge in [-0.3, -0.25) is 14.3 Å². The van der Waals surface area contributed by atoms with Gasteiger partial charge in [0.15, 0.2) is 0 Å². The van der Waals surface area contributed by atoms with Crippen molar-refractivity contribution in [3.05, 3.63) is 18.0 Å². The van der Waals surface area contributed by atoms with Crippen LogP contribution >= 0.6 is 0 Å². The summed E-state index contributed by atoms with van der Waals surface area (Å²) in [6.45, 7) is 3.18. The first-order valence-corrected chi connectivity index (χ1v) is 8.84. The fourth-order valence-corrected chi connectivity index (χ4v) is 3.21. The lowest BCUT2D eigenvalue weighted by molar-refractivity contribution is -0.175. The Labute approximate surface area is 149 Å². The highest BCUT2D eigenvalue weighted by molar-refractivity contribution is 5.94. The van der Waals surface area contributed by atoms with Crippen LogP contribution in [0.4, 0.5) is 13.2 Å². The Hall–Kier alpha value is -2.06. The summed E-state index contributed by atoms with van der Waals surface area (Å²) >= 11 is 0. The van der Waals surface area contributed by atoms with Crippen molar-refractivity contribution in [2.24, 2.45) is 11.8 Å². The van der Waals surface area contributed by atoms with Crippen LogP contribution < -0.4 is 5.32 Å². The van der Waals surface area contributed by atoms with E-state index in [0.29, 0.717) is 5.92 Å². The van der Waals surface area contributed by atoms with Crippen molar-refractivity contribution in [3.8, 4) is 0 Å². The van der Waals surface area contributed by atoms with E-state index in [1.807, 2.05) is 13.8 Å². The minimum absolute atomic E-state index is 0.0486. The first-order chi connectivity index (χ1) is 12.1. The molecular formula is C17H23F3N4O2. The first kappa shape index (κ1) is 18.7. The van der Waals surface area contributed by atoms with Crippen LogP contribution in [-0.4, -0.2) is 51.8 Å². The number of hydrogen-bond donors (Lipinski definition) is 1. The molecule has 0 unspecified atom stereocenters. The lowest BCUT2D eigenvalue weighted by atomic mass is 10.0. The average molecular weight is 372 g/mol. The van der Waals surface area contributed by atoms with E-state index in [4.69, 9.17) is 0 Å². The summed E-state index contributed by atoms with van der Waals surface area (Å²) in [6, 6.07) is -1.06. The lowest BCUT2D eigenvalue weighted by Crippen LogP contribution is -2.45. The highest BCUT2D eigenvalue weighted by atomic mass is 19.4. The zero-order valence-electron chi connectivity index (χ0n) is 14.8. The van der Waals surface area contributed by atoms with Gasteiger partial charge in [0, 0.05) is 31.7 Å². The number of alkyl halides is 3. The summed E-state index contributed by atoms with van der Waals surface area (Å²) < 4.78 is 41.7. The maximum atomic E-state index is 13.4. The molecule has 0 spiro atoms. The van der Waals surface area contributed by atoms with E-state index >= 15 is 0 Å². The highest BCUT2D eigenvalue weighted by Gasteiger charge is 2.51. The second-order valence-electron chi connectivity index (χ2n) is 7.48. The van der Waals surface area contributed by atoms with Gasteiger partial charge >= 0.3 is 6.18 Å². The van der Waals surface area contributed by atoms with Gasteiger partial charge in [0.25, 0.3) is 5.91 Å². The molecule has 2 amide bonds. The van der Waals surface area contributed by atoms with Gasteiger partial charge in [-0.2, -0.15) is 18.3 Å². The minimum atomic E-state index is -4.48. The number of carbonyl (C=O) groups excluding carboxylic acids is 2. The van der Waals surface area contributed by atoms with E-state index in [1.54, 1.807) is 4.68 Å². The van der Waals surface area contributed by atoms with Gasteiger partial charge in [0.2, 0.25) is 5.91 Å². The molecule has 0 radical (unpaired) electrons. The molecule has 2 heterocycles. The summed E-state index contributed by atoms with van der Waals surface area (Å²) in [5, 5.41) is 6.55. The monoisotopic (exact) mass is 372 g/mol. The quantitative estimate of drug-likeness (QED) is 0.863. The lowest BCUT2D eigenvalue weighted by Gasteiger charge is -2.21. The van der Waals surface area contributed by atoms with Gasteiger partial charge in [-0.25, -0.2) is 0 Å². The molecule has 1 aliphatic carbocycles. The van der Waals surface area contributed by atoms with E-state index in [2.05, 4.69) is 10.4 Å². The van der Waals surface area contributed by atoms with Crippen molar-refractivity contribution in [1.82, 2.24) is 20.0 Å². The normalized spacial score (nSPS) is 23.5. The molecule has 1 saturated heterocycles. The molecule has 1 aromatic heterocycles. The van der Waals surface area contributed by atoms with Gasteiger partial charge in [0.1, 0.15) is 0 Å². The molecule has 144 valence electrons. The van der Waals surface area contributed by atoms with Crippen LogP contribution in [-0.2, 0) is 4.79 Å². The van der Waals surface area contributed by atoms with Gasteiger partial charge in [-0.05, 0) is 32.6 Å². The number of likely N-dealkylation sites (tertiary alicyclic amines) is 1. The summed E-state index contributed by atoms with van der Waals surface area (Å²) in [5.74, 6) is -2.33. The van der Waals surface area contributed by atoms with Gasteiger partial charge in [0.05, 0.1) is 23.7 Å². The number of nitrogens with zero attached hydrogens (tertiary/aromatic N) is 3. The smallest absolute Gasteiger partial charge is 0.351 e. The third kappa shape index (κ3) is 4.19. The Bertz CT molecular complexity index is 682. The molecule has 9 heteroatoms. The molecule has 1 saturated carbocycles. The number of aromatic nitrogens is 2. The summed E-state index contributed by atoms with van der Waals surface area (Å²) in [5.41, 5.74) is 0.254. The standard InChI is InChI=1S/C17H23F3N4O2/c1-10(2)24-7-12(6-21-24)16(26)23-8-13(17(18,19)20)14(9-23)22-15(25)5-11-3-4-11/h6-7,10-11,13-14H,3-5,8-9H2,1-2H3,(H,22,25)/t13-,14-/m1/s1. The largest absolute Gasteiger partial charge is 0.395 e. The molecule has 6 nitrogen and oxygen atoms in total. The summed E-state index contributed by atoms with van der Waals surface area (Å²) in [7, 11) is 0. The Morgan fingerprint density at radius 1 is 1.31 bits per heavy atom. The number of amides is 2. The van der Waals surface area contributed by atoms with Crippen LogP contribution in [0.25, 0.3) is 0 Å². The molecule has 0 aromatic carbocycles. The minimum Gasteiger partial charge on any atom is -0.351 e. The zero-order chi connectivity index (χ0) is 19.1. The van der Waals surface area contributed by atoms with Crippen LogP contribution in [0.1, 0.15) is 49.5 Å². The van der Waals surface area contributed by atoms with Crippen molar-refractivity contribution in [3.63, 3.8) is 0 Å². The first-order valence-electron chi connectivity index (χ1n) is 8.84. The Kier molecular flexibility index (Phi) is 4.98. The number of hydrogen-bond acceptors (Lipinski definition) is 3. The van der Waals surface area contributed by atoms with Crippen LogP contribution in [0, 0.1) is 11.8 Å². The van der Waals surface area contributed by atoms with E-state index < -0.39 is 30.6 Å². The van der Waals surface area contributed by atoms with E-state index in [-0.39, 0.29) is 30.5 Å². The van der Waals surface area contributed by atoms with Crippen molar-refractivity contribution >= 4 is 11.8 Å². The Morgan fingerprint density at radius 2 is 2.00 bits per heavy atom. The topological polar surface area (TPSA) is 67.2 Å². The summed E-state index contributed by atoms with van der Waals surface area (Å²) in [4.78, 5) is 25.7. The highest BCUT2D eigenvalue weighted by Crippen LogP contribution is 2.35. The number of carbonyl (C=O) groups is 2. The fraction of sp³-hybridized carbons (Fsp3) is 0.706. The maximum Gasteiger partial charge on any atom is 0.395 e. The second kappa shape index (κ2) is 6.92. The SMILES string of the molecule is CC(C)n1cc(C(=O)N2C[C@@H](C(F)(F)F)[C@H](NC(=O)CC3CC3)C2)cn1. The predicted molar refractivity (Wildman–Crippen MR) is 87.3 cm³/mol. The van der Waals surface area contributed by atoms with Crippen LogP contribution in [0.2, 0.25) is 0 Å². The summed E-state index contributed by atoms with van der Waals surface area (Å²) in [6.07, 6.45) is 0.583. The molecule has 2 atom stereocenters. The van der Waals surface area contributed by atoms with Gasteiger partial charge in [-0.15, -0.1) is 0 Å². The van der Waals surface area contributed by atoms with Crippen molar-refractivity contribution < 1.29 is 22.8 Å². The van der Waals surface area contributed by atoms with Crippen LogP contribution in [0.3, 0.4) is 0 Å². The van der Waals surface area contributed by atoms with Crippen LogP contribution in [0.15, 0.2) is 12.4 Å². The third-order valence-corrected chi connectivity index (χ3v) is 4.92. The molecule has 2 aliphatic rings. The van der Waals surface area contributed by atoms with E-state index in [1.165, 1.54) is 12.4 Å². The number of rotatable bonds is 5. The molecule has 26 heavy (non-hydrogen) atoms. The average Bonchev–Trinajstić information content (AvgIpc) is 3.05. The third-order valence-electron chi connectivity index (χ3n) is 4.92. The second-order valence-corrected chi connectivity index (χ2v) is 7.48. The predicted octanol–water partition coefficient (Wildman–Crippen LogP) is 2.38. The van der Waals surface area contributed by atoms with Gasteiger partial charge < -0.3 is 10.2 Å². The van der Waals surface area contributed by atoms with Crippen molar-refractivity contribution in [1.29, 1.82) is 0 Å².